The molecule has 2 aromatic rings. The van der Waals surface area contributed by atoms with Gasteiger partial charge in [-0.25, -0.2) is 4.98 Å². The van der Waals surface area contributed by atoms with Crippen molar-refractivity contribution in [3.05, 3.63) is 53.7 Å². The number of rotatable bonds is 6. The van der Waals surface area contributed by atoms with E-state index in [1.54, 1.807) is 6.20 Å². The van der Waals surface area contributed by atoms with E-state index in [2.05, 4.69) is 27.8 Å². The molecule has 0 saturated heterocycles. The molecule has 0 saturated carbocycles. The molecule has 0 aliphatic carbocycles. The summed E-state index contributed by atoms with van der Waals surface area (Å²) in [6.07, 6.45) is 4.00. The lowest BCUT2D eigenvalue weighted by atomic mass is 9.99. The van der Waals surface area contributed by atoms with Gasteiger partial charge >= 0.3 is 0 Å². The van der Waals surface area contributed by atoms with Gasteiger partial charge in [-0.3, -0.25) is 4.79 Å². The highest BCUT2D eigenvalue weighted by atomic mass is 16.5. The van der Waals surface area contributed by atoms with Crippen LogP contribution in [0.5, 0.6) is 5.75 Å². The van der Waals surface area contributed by atoms with Crippen LogP contribution in [-0.4, -0.2) is 24.0 Å². The van der Waals surface area contributed by atoms with Crippen LogP contribution in [0.1, 0.15) is 36.9 Å². The van der Waals surface area contributed by atoms with E-state index in [0.29, 0.717) is 13.0 Å². The lowest BCUT2D eigenvalue weighted by Crippen LogP contribution is -2.24. The fourth-order valence-corrected chi connectivity index (χ4v) is 2.88. The highest BCUT2D eigenvalue weighted by Crippen LogP contribution is 2.27. The number of hydrogen-bond acceptors (Lipinski definition) is 4. The minimum Gasteiger partial charge on any atom is -0.494 e. The number of hydrogen-bond donors (Lipinski definition) is 2. The lowest BCUT2D eigenvalue weighted by molar-refractivity contribution is -0.121. The number of nitrogens with one attached hydrogen (secondary N) is 2. The van der Waals surface area contributed by atoms with Crippen LogP contribution >= 0.6 is 0 Å². The molecule has 1 aromatic carbocycles. The first-order valence-corrected chi connectivity index (χ1v) is 8.42. The zero-order chi connectivity index (χ0) is 16.8. The maximum Gasteiger partial charge on any atom is 0.220 e. The first kappa shape index (κ1) is 16.3. The number of nitrogens with zero attached hydrogens (tertiary/aromatic N) is 1. The second-order valence-electron chi connectivity index (χ2n) is 5.99. The Bertz CT molecular complexity index is 688. The zero-order valence-electron chi connectivity index (χ0n) is 13.9. The molecular weight excluding hydrogens is 302 g/mol. The number of carbonyl (C=O) groups excluding carboxylic acids is 1. The molecule has 1 aliphatic heterocycles. The van der Waals surface area contributed by atoms with Gasteiger partial charge < -0.3 is 15.4 Å². The molecule has 126 valence electrons. The molecule has 5 nitrogen and oxygen atoms in total. The van der Waals surface area contributed by atoms with Crippen molar-refractivity contribution in [3.8, 4) is 5.75 Å². The van der Waals surface area contributed by atoms with Crippen LogP contribution < -0.4 is 15.4 Å². The Morgan fingerprint density at radius 3 is 3.04 bits per heavy atom. The van der Waals surface area contributed by atoms with E-state index >= 15 is 0 Å². The molecule has 3 rings (SSSR count). The normalized spacial score (nSPS) is 16.7. The van der Waals surface area contributed by atoms with Crippen molar-refractivity contribution in [2.24, 2.45) is 0 Å². The molecule has 24 heavy (non-hydrogen) atoms. The van der Waals surface area contributed by atoms with Gasteiger partial charge in [0.15, 0.2) is 0 Å². The molecule has 5 heteroatoms. The van der Waals surface area contributed by atoms with Crippen LogP contribution in [0.2, 0.25) is 0 Å². The lowest BCUT2D eigenvalue weighted by Gasteiger charge is -2.15. The Balaban J connectivity index is 1.49. The minimum atomic E-state index is 0.0318. The number of aryl methyl sites for hydroxylation is 1. The van der Waals surface area contributed by atoms with Crippen LogP contribution in [0.3, 0.4) is 0 Å². The molecule has 1 atom stereocenters. The van der Waals surface area contributed by atoms with Gasteiger partial charge in [0.1, 0.15) is 11.6 Å². The van der Waals surface area contributed by atoms with Crippen LogP contribution in [0.15, 0.2) is 42.6 Å². The largest absolute Gasteiger partial charge is 0.494 e. The van der Waals surface area contributed by atoms with Gasteiger partial charge in [0.25, 0.3) is 0 Å². The fourth-order valence-electron chi connectivity index (χ4n) is 2.88. The van der Waals surface area contributed by atoms with Crippen molar-refractivity contribution in [2.45, 2.75) is 32.2 Å². The first-order chi connectivity index (χ1) is 11.7. The maximum atomic E-state index is 11.7. The highest BCUT2D eigenvalue weighted by molar-refractivity contribution is 5.77. The number of carbonyl (C=O) groups is 1. The molecule has 0 bridgehead atoms. The Labute approximate surface area is 142 Å². The second kappa shape index (κ2) is 7.81. The fraction of sp³-hybridized carbons (Fsp3) is 0.368. The Hall–Kier alpha value is -2.56. The monoisotopic (exact) mass is 325 g/mol. The van der Waals surface area contributed by atoms with Crippen LogP contribution in [0.4, 0.5) is 5.82 Å². The van der Waals surface area contributed by atoms with Crippen LogP contribution in [0.25, 0.3) is 0 Å². The Morgan fingerprint density at radius 1 is 1.29 bits per heavy atom. The van der Waals surface area contributed by atoms with Crippen molar-refractivity contribution in [1.82, 2.24) is 10.3 Å². The summed E-state index contributed by atoms with van der Waals surface area (Å²) in [5.41, 5.74) is 2.38. The summed E-state index contributed by atoms with van der Waals surface area (Å²) < 4.78 is 5.85. The smallest absolute Gasteiger partial charge is 0.220 e. The molecule has 1 aromatic heterocycles. The third kappa shape index (κ3) is 4.25. The van der Waals surface area contributed by atoms with E-state index in [9.17, 15) is 4.79 Å². The van der Waals surface area contributed by atoms with Gasteiger partial charge in [-0.1, -0.05) is 12.1 Å². The zero-order valence-corrected chi connectivity index (χ0v) is 13.9. The predicted molar refractivity (Wildman–Crippen MR) is 94.2 cm³/mol. The standard InChI is InChI=1S/C19H23N3O2/c1-14-17-13-16(8-6-15(17)7-9-19(23)22-14)24-12-4-11-21-18-5-2-3-10-20-18/h2-3,5-6,8,10,13-14H,4,7,9,11-12H2,1H3,(H,20,21)(H,22,23). The number of amides is 1. The quantitative estimate of drug-likeness (QED) is 0.801. The van der Waals surface area contributed by atoms with Crippen molar-refractivity contribution >= 4 is 11.7 Å². The summed E-state index contributed by atoms with van der Waals surface area (Å²) in [5.74, 6) is 1.85. The summed E-state index contributed by atoms with van der Waals surface area (Å²) in [5, 5.41) is 6.27. The van der Waals surface area contributed by atoms with E-state index < -0.39 is 0 Å². The molecule has 0 radical (unpaired) electrons. The van der Waals surface area contributed by atoms with Gasteiger partial charge in [0.05, 0.1) is 12.6 Å². The average Bonchev–Trinajstić information content (AvgIpc) is 2.74. The van der Waals surface area contributed by atoms with Gasteiger partial charge in [0.2, 0.25) is 5.91 Å². The third-order valence-electron chi connectivity index (χ3n) is 4.14. The highest BCUT2D eigenvalue weighted by Gasteiger charge is 2.18. The molecule has 2 N–H and O–H groups in total. The van der Waals surface area contributed by atoms with Gasteiger partial charge in [0, 0.05) is 19.2 Å². The van der Waals surface area contributed by atoms with Gasteiger partial charge in [-0.2, -0.15) is 0 Å². The van der Waals surface area contributed by atoms with Crippen LogP contribution in [0, 0.1) is 0 Å². The average molecular weight is 325 g/mol. The van der Waals surface area contributed by atoms with Gasteiger partial charge in [-0.05, 0) is 55.2 Å². The summed E-state index contributed by atoms with van der Waals surface area (Å²) in [6, 6.07) is 12.0. The summed E-state index contributed by atoms with van der Waals surface area (Å²) >= 11 is 0. The predicted octanol–water partition coefficient (Wildman–Crippen LogP) is 3.09. The van der Waals surface area contributed by atoms with Crippen LogP contribution in [-0.2, 0) is 11.2 Å². The minimum absolute atomic E-state index is 0.0318. The molecule has 0 fully saturated rings. The Morgan fingerprint density at radius 2 is 2.21 bits per heavy atom. The van der Waals surface area contributed by atoms with Crippen molar-refractivity contribution < 1.29 is 9.53 Å². The summed E-state index contributed by atoms with van der Waals surface area (Å²) in [6.45, 7) is 3.47. The van der Waals surface area contributed by atoms with Crippen molar-refractivity contribution in [3.63, 3.8) is 0 Å². The van der Waals surface area contributed by atoms with E-state index in [-0.39, 0.29) is 11.9 Å². The number of pyridine rings is 1. The number of aromatic nitrogens is 1. The Kier molecular flexibility index (Phi) is 5.31. The number of benzene rings is 1. The van der Waals surface area contributed by atoms with E-state index in [4.69, 9.17) is 4.74 Å². The van der Waals surface area contributed by atoms with Gasteiger partial charge in [-0.15, -0.1) is 0 Å². The molecule has 1 aliphatic rings. The third-order valence-corrected chi connectivity index (χ3v) is 4.14. The van der Waals surface area contributed by atoms with Crippen molar-refractivity contribution in [2.75, 3.05) is 18.5 Å². The summed E-state index contributed by atoms with van der Waals surface area (Å²) in [7, 11) is 0. The number of fused-ring (bicyclic) bond motifs is 1. The number of ether oxygens (including phenoxy) is 1. The topological polar surface area (TPSA) is 63.2 Å². The molecular formula is C19H23N3O2. The van der Waals surface area contributed by atoms with E-state index in [1.165, 1.54) is 5.56 Å². The van der Waals surface area contributed by atoms with E-state index in [1.807, 2.05) is 31.2 Å². The number of anilines is 1. The molecule has 2 heterocycles. The maximum absolute atomic E-state index is 11.7. The van der Waals surface area contributed by atoms with E-state index in [0.717, 1.165) is 36.5 Å². The first-order valence-electron chi connectivity index (χ1n) is 8.42. The second-order valence-corrected chi connectivity index (χ2v) is 5.99. The molecule has 1 amide bonds. The summed E-state index contributed by atoms with van der Waals surface area (Å²) in [4.78, 5) is 15.9. The molecule has 0 spiro atoms. The molecule has 1 unspecified atom stereocenters. The SMILES string of the molecule is CC1NC(=O)CCc2ccc(OCCCNc3ccccn3)cc21. The van der Waals surface area contributed by atoms with Crippen molar-refractivity contribution in [1.29, 1.82) is 0 Å².